The molecule has 8 heteroatoms. The van der Waals surface area contributed by atoms with E-state index < -0.39 is 0 Å². The van der Waals surface area contributed by atoms with Crippen LogP contribution in [0.2, 0.25) is 0 Å². The van der Waals surface area contributed by atoms with Crippen LogP contribution in [0.5, 0.6) is 0 Å². The molecular formula is C22H30N6O2. The maximum atomic E-state index is 12.4. The Labute approximate surface area is 176 Å². The summed E-state index contributed by atoms with van der Waals surface area (Å²) in [5.74, 6) is 0.763. The van der Waals surface area contributed by atoms with E-state index in [1.165, 1.54) is 0 Å². The Morgan fingerprint density at radius 1 is 1.37 bits per heavy atom. The van der Waals surface area contributed by atoms with Gasteiger partial charge in [-0.2, -0.15) is 0 Å². The quantitative estimate of drug-likeness (QED) is 0.497. The van der Waals surface area contributed by atoms with Gasteiger partial charge in [0.2, 0.25) is 5.91 Å². The Morgan fingerprint density at radius 2 is 2.20 bits per heavy atom. The summed E-state index contributed by atoms with van der Waals surface area (Å²) < 4.78 is 0. The van der Waals surface area contributed by atoms with E-state index in [-0.39, 0.29) is 17.5 Å². The number of aromatic amines is 1. The van der Waals surface area contributed by atoms with Crippen molar-refractivity contribution in [2.24, 2.45) is 0 Å². The number of carbonyl (C=O) groups is 1. The summed E-state index contributed by atoms with van der Waals surface area (Å²) >= 11 is 0. The van der Waals surface area contributed by atoms with Gasteiger partial charge < -0.3 is 25.8 Å². The zero-order valence-corrected chi connectivity index (χ0v) is 17.7. The van der Waals surface area contributed by atoms with Crippen molar-refractivity contribution in [2.75, 3.05) is 37.3 Å². The number of hydrogen-bond acceptors (Lipinski definition) is 6. The maximum absolute atomic E-state index is 12.4. The topological polar surface area (TPSA) is 102 Å². The first-order valence-electron chi connectivity index (χ1n) is 10.3. The lowest BCUT2D eigenvalue weighted by molar-refractivity contribution is -0.125. The van der Waals surface area contributed by atoms with Crippen LogP contribution in [-0.4, -0.2) is 59.5 Å². The summed E-state index contributed by atoms with van der Waals surface area (Å²) in [5, 5.41) is 9.57. The number of hydrogen-bond donors (Lipinski definition) is 4. The third kappa shape index (κ3) is 5.70. The van der Waals surface area contributed by atoms with Gasteiger partial charge in [-0.1, -0.05) is 19.9 Å². The summed E-state index contributed by atoms with van der Waals surface area (Å²) in [4.78, 5) is 33.5. The molecule has 0 aliphatic carbocycles. The number of amides is 1. The van der Waals surface area contributed by atoms with Gasteiger partial charge >= 0.3 is 0 Å². The largest absolute Gasteiger partial charge is 0.376 e. The SMILES string of the molecule is CNc1cc(-c2c[nH]c(=O)c(NC3CCN(C(=O)C=CCNC(C)C)C3)c2)ccn1. The molecule has 1 aliphatic heterocycles. The van der Waals surface area contributed by atoms with Crippen molar-refractivity contribution in [1.29, 1.82) is 0 Å². The fraction of sp³-hybridized carbons (Fsp3) is 0.409. The molecule has 0 saturated carbocycles. The molecule has 4 N–H and O–H groups in total. The maximum Gasteiger partial charge on any atom is 0.271 e. The van der Waals surface area contributed by atoms with Crippen LogP contribution in [0.15, 0.2) is 47.5 Å². The lowest BCUT2D eigenvalue weighted by Crippen LogP contribution is -2.31. The molecule has 1 atom stereocenters. The summed E-state index contributed by atoms with van der Waals surface area (Å²) in [6, 6.07) is 6.09. The molecule has 30 heavy (non-hydrogen) atoms. The second kappa shape index (κ2) is 10.1. The lowest BCUT2D eigenvalue weighted by atomic mass is 10.1. The molecule has 1 unspecified atom stereocenters. The van der Waals surface area contributed by atoms with Gasteiger partial charge in [0.1, 0.15) is 11.5 Å². The van der Waals surface area contributed by atoms with E-state index in [1.807, 2.05) is 36.2 Å². The van der Waals surface area contributed by atoms with Gasteiger partial charge in [-0.15, -0.1) is 0 Å². The van der Waals surface area contributed by atoms with E-state index in [1.54, 1.807) is 18.5 Å². The number of pyridine rings is 2. The molecule has 1 saturated heterocycles. The minimum absolute atomic E-state index is 0.00361. The third-order valence-electron chi connectivity index (χ3n) is 5.02. The van der Waals surface area contributed by atoms with Gasteiger partial charge in [-0.3, -0.25) is 9.59 Å². The fourth-order valence-electron chi connectivity index (χ4n) is 3.37. The van der Waals surface area contributed by atoms with Crippen LogP contribution in [0.4, 0.5) is 11.5 Å². The zero-order valence-electron chi connectivity index (χ0n) is 17.7. The summed E-state index contributed by atoms with van der Waals surface area (Å²) in [6.45, 7) is 6.05. The summed E-state index contributed by atoms with van der Waals surface area (Å²) in [6.07, 6.45) is 7.69. The number of nitrogens with one attached hydrogen (secondary N) is 4. The summed E-state index contributed by atoms with van der Waals surface area (Å²) in [5.41, 5.74) is 2.18. The van der Waals surface area contributed by atoms with Crippen LogP contribution in [-0.2, 0) is 4.79 Å². The molecule has 2 aromatic heterocycles. The highest BCUT2D eigenvalue weighted by Gasteiger charge is 2.25. The molecule has 0 bridgehead atoms. The fourth-order valence-corrected chi connectivity index (χ4v) is 3.37. The molecule has 8 nitrogen and oxygen atoms in total. The van der Waals surface area contributed by atoms with Crippen LogP contribution in [0.1, 0.15) is 20.3 Å². The normalized spacial score (nSPS) is 16.4. The van der Waals surface area contributed by atoms with Gasteiger partial charge in [-0.05, 0) is 30.2 Å². The Bertz CT molecular complexity index is 953. The van der Waals surface area contributed by atoms with Gasteiger partial charge in [0.15, 0.2) is 0 Å². The molecule has 0 spiro atoms. The van der Waals surface area contributed by atoms with Crippen LogP contribution in [0, 0.1) is 0 Å². The first kappa shape index (κ1) is 21.6. The molecule has 160 valence electrons. The van der Waals surface area contributed by atoms with E-state index in [9.17, 15) is 9.59 Å². The van der Waals surface area contributed by atoms with Crippen molar-refractivity contribution in [3.05, 3.63) is 53.1 Å². The smallest absolute Gasteiger partial charge is 0.271 e. The second-order valence-corrected chi connectivity index (χ2v) is 7.69. The molecule has 2 aromatic rings. The average molecular weight is 411 g/mol. The van der Waals surface area contributed by atoms with Crippen molar-refractivity contribution < 1.29 is 4.79 Å². The highest BCUT2D eigenvalue weighted by molar-refractivity contribution is 5.87. The highest BCUT2D eigenvalue weighted by Crippen LogP contribution is 2.22. The van der Waals surface area contributed by atoms with Crippen LogP contribution < -0.4 is 21.5 Å². The van der Waals surface area contributed by atoms with E-state index in [2.05, 4.69) is 39.8 Å². The number of rotatable bonds is 8. The molecular weight excluding hydrogens is 380 g/mol. The number of likely N-dealkylation sites (tertiary alicyclic amines) is 1. The number of carbonyl (C=O) groups excluding carboxylic acids is 1. The van der Waals surface area contributed by atoms with Crippen molar-refractivity contribution in [1.82, 2.24) is 20.2 Å². The van der Waals surface area contributed by atoms with E-state index in [4.69, 9.17) is 0 Å². The van der Waals surface area contributed by atoms with Crippen molar-refractivity contribution in [3.63, 3.8) is 0 Å². The van der Waals surface area contributed by atoms with Crippen molar-refractivity contribution in [3.8, 4) is 11.1 Å². The Hall–Kier alpha value is -3.13. The van der Waals surface area contributed by atoms with Gasteiger partial charge in [0.05, 0.1) is 0 Å². The Kier molecular flexibility index (Phi) is 7.24. The summed E-state index contributed by atoms with van der Waals surface area (Å²) in [7, 11) is 1.81. The van der Waals surface area contributed by atoms with Gasteiger partial charge in [0.25, 0.3) is 5.56 Å². The van der Waals surface area contributed by atoms with Crippen molar-refractivity contribution in [2.45, 2.75) is 32.4 Å². The number of nitrogens with zero attached hydrogens (tertiary/aromatic N) is 2. The van der Waals surface area contributed by atoms with E-state index in [0.29, 0.717) is 31.4 Å². The standard InChI is InChI=1S/C22H30N6O2/c1-15(2)24-8-4-5-21(29)28-10-7-18(14-28)27-19-11-17(13-26-22(19)30)16-6-9-25-20(12-16)23-3/h4-6,9,11-13,15,18,24,27H,7-8,10,14H2,1-3H3,(H,23,25)(H,26,30). The molecule has 3 rings (SSSR count). The Balaban J connectivity index is 1.63. The lowest BCUT2D eigenvalue weighted by Gasteiger charge is -2.16. The first-order chi connectivity index (χ1) is 14.5. The third-order valence-corrected chi connectivity index (χ3v) is 5.02. The van der Waals surface area contributed by atoms with E-state index >= 15 is 0 Å². The van der Waals surface area contributed by atoms with Crippen LogP contribution in [0.3, 0.4) is 0 Å². The first-order valence-corrected chi connectivity index (χ1v) is 10.3. The zero-order chi connectivity index (χ0) is 21.5. The molecule has 1 amide bonds. The molecule has 3 heterocycles. The predicted octanol–water partition coefficient (Wildman–Crippen LogP) is 2.05. The average Bonchev–Trinajstić information content (AvgIpc) is 3.21. The number of aromatic nitrogens is 2. The minimum Gasteiger partial charge on any atom is -0.376 e. The monoisotopic (exact) mass is 410 g/mol. The minimum atomic E-state index is -0.175. The molecule has 1 aliphatic rings. The molecule has 0 aromatic carbocycles. The number of H-pyrrole nitrogens is 1. The van der Waals surface area contributed by atoms with Crippen LogP contribution in [0.25, 0.3) is 11.1 Å². The molecule has 1 fully saturated rings. The van der Waals surface area contributed by atoms with Gasteiger partial charge in [-0.25, -0.2) is 4.98 Å². The molecule has 0 radical (unpaired) electrons. The number of anilines is 2. The van der Waals surface area contributed by atoms with Crippen LogP contribution >= 0.6 is 0 Å². The second-order valence-electron chi connectivity index (χ2n) is 7.69. The highest BCUT2D eigenvalue weighted by atomic mass is 16.2. The van der Waals surface area contributed by atoms with E-state index in [0.717, 1.165) is 23.4 Å². The Morgan fingerprint density at radius 3 is 2.97 bits per heavy atom. The van der Waals surface area contributed by atoms with Crippen molar-refractivity contribution >= 4 is 17.4 Å². The predicted molar refractivity (Wildman–Crippen MR) is 121 cm³/mol. The van der Waals surface area contributed by atoms with Gasteiger partial charge in [0, 0.05) is 62.8 Å².